The average Bonchev–Trinajstić information content (AvgIpc) is 2.47. The fraction of sp³-hybridized carbons (Fsp3) is 0.500. The molecule has 4 nitrogen and oxygen atoms in total. The van der Waals surface area contributed by atoms with Gasteiger partial charge in [0.25, 0.3) is 5.91 Å². The van der Waals surface area contributed by atoms with Gasteiger partial charge in [0, 0.05) is 36.1 Å². The van der Waals surface area contributed by atoms with Crippen molar-refractivity contribution in [3.8, 4) is 0 Å². The van der Waals surface area contributed by atoms with Crippen LogP contribution in [0, 0.1) is 5.92 Å². The average molecular weight is 353 g/mol. The smallest absolute Gasteiger partial charge is 0.251 e. The first-order valence-electron chi connectivity index (χ1n) is 7.38. The minimum Gasteiger partial charge on any atom is -0.352 e. The molecule has 1 aliphatic heterocycles. The topological polar surface area (TPSA) is 49.4 Å². The molecule has 1 aliphatic rings. The molecular weight excluding hydrogens is 332 g/mol. The first kappa shape index (κ1) is 16.0. The van der Waals surface area contributed by atoms with Crippen LogP contribution < -0.4 is 5.32 Å². The fourth-order valence-electron chi connectivity index (χ4n) is 2.56. The third kappa shape index (κ3) is 4.84. The molecule has 0 radical (unpaired) electrons. The molecule has 1 heterocycles. The van der Waals surface area contributed by atoms with Gasteiger partial charge < -0.3 is 10.2 Å². The highest BCUT2D eigenvalue weighted by molar-refractivity contribution is 9.10. The second kappa shape index (κ2) is 7.59. The van der Waals surface area contributed by atoms with Crippen LogP contribution in [0.3, 0.4) is 0 Å². The van der Waals surface area contributed by atoms with Crippen LogP contribution in [0.25, 0.3) is 0 Å². The molecule has 1 N–H and O–H groups in total. The number of likely N-dealkylation sites (tertiary alicyclic amines) is 1. The molecule has 0 aromatic heterocycles. The molecule has 0 spiro atoms. The highest BCUT2D eigenvalue weighted by Crippen LogP contribution is 2.16. The van der Waals surface area contributed by atoms with Crippen molar-refractivity contribution < 1.29 is 9.59 Å². The molecule has 1 fully saturated rings. The Balaban J connectivity index is 1.74. The van der Waals surface area contributed by atoms with Gasteiger partial charge in [-0.2, -0.15) is 0 Å². The van der Waals surface area contributed by atoms with E-state index < -0.39 is 0 Å². The number of hydrogen-bond acceptors (Lipinski definition) is 2. The van der Waals surface area contributed by atoms with Crippen LogP contribution in [0.4, 0.5) is 0 Å². The summed E-state index contributed by atoms with van der Waals surface area (Å²) in [4.78, 5) is 25.9. The van der Waals surface area contributed by atoms with Crippen molar-refractivity contribution in [2.75, 3.05) is 19.6 Å². The second-order valence-corrected chi connectivity index (χ2v) is 6.52. The lowest BCUT2D eigenvalue weighted by atomic mass is 10.00. The number of nitrogens with zero attached hydrogens (tertiary/aromatic N) is 1. The van der Waals surface area contributed by atoms with Crippen molar-refractivity contribution in [2.24, 2.45) is 5.92 Å². The van der Waals surface area contributed by atoms with E-state index >= 15 is 0 Å². The number of benzene rings is 1. The largest absolute Gasteiger partial charge is 0.352 e. The van der Waals surface area contributed by atoms with E-state index in [2.05, 4.69) is 28.2 Å². The molecule has 1 aromatic rings. The van der Waals surface area contributed by atoms with E-state index in [1.54, 1.807) is 12.1 Å². The Kier molecular flexibility index (Phi) is 5.79. The van der Waals surface area contributed by atoms with E-state index in [0.29, 0.717) is 24.4 Å². The number of carbonyl (C=O) groups is 2. The Bertz CT molecular complexity index is 502. The molecule has 1 saturated heterocycles. The molecule has 5 heteroatoms. The number of carbonyl (C=O) groups excluding carboxylic acids is 2. The van der Waals surface area contributed by atoms with Crippen molar-refractivity contribution in [1.29, 1.82) is 0 Å². The Labute approximate surface area is 134 Å². The van der Waals surface area contributed by atoms with E-state index in [1.165, 1.54) is 6.42 Å². The molecule has 21 heavy (non-hydrogen) atoms. The lowest BCUT2D eigenvalue weighted by Crippen LogP contribution is -2.40. The molecule has 0 saturated carbocycles. The standard InChI is InChI=1S/C16H21BrN2O2/c1-12-3-2-10-19(11-12)15(20)8-9-18-16(21)13-4-6-14(17)7-5-13/h4-7,12H,2-3,8-11H2,1H3,(H,18,21). The number of piperidine rings is 1. The van der Waals surface area contributed by atoms with E-state index in [-0.39, 0.29) is 11.8 Å². The molecular formula is C16H21BrN2O2. The molecule has 2 rings (SSSR count). The van der Waals surface area contributed by atoms with E-state index in [9.17, 15) is 9.59 Å². The molecule has 1 atom stereocenters. The van der Waals surface area contributed by atoms with Crippen LogP contribution in [-0.4, -0.2) is 36.3 Å². The van der Waals surface area contributed by atoms with Gasteiger partial charge >= 0.3 is 0 Å². The monoisotopic (exact) mass is 352 g/mol. The number of nitrogens with one attached hydrogen (secondary N) is 1. The van der Waals surface area contributed by atoms with E-state index in [0.717, 1.165) is 24.0 Å². The fourth-order valence-corrected chi connectivity index (χ4v) is 2.82. The first-order valence-corrected chi connectivity index (χ1v) is 8.17. The predicted molar refractivity (Wildman–Crippen MR) is 86.1 cm³/mol. The third-order valence-corrected chi connectivity index (χ3v) is 4.27. The van der Waals surface area contributed by atoms with Gasteiger partial charge in [-0.1, -0.05) is 22.9 Å². The summed E-state index contributed by atoms with van der Waals surface area (Å²) < 4.78 is 0.938. The van der Waals surface area contributed by atoms with Gasteiger partial charge in [-0.3, -0.25) is 9.59 Å². The van der Waals surface area contributed by atoms with Gasteiger partial charge in [0.2, 0.25) is 5.91 Å². The summed E-state index contributed by atoms with van der Waals surface area (Å²) in [7, 11) is 0. The third-order valence-electron chi connectivity index (χ3n) is 3.74. The summed E-state index contributed by atoms with van der Waals surface area (Å²) in [5, 5.41) is 2.80. The van der Waals surface area contributed by atoms with Crippen LogP contribution in [0.5, 0.6) is 0 Å². The summed E-state index contributed by atoms with van der Waals surface area (Å²) in [6.45, 7) is 4.26. The zero-order valence-electron chi connectivity index (χ0n) is 12.3. The van der Waals surface area contributed by atoms with Crippen molar-refractivity contribution >= 4 is 27.7 Å². The Morgan fingerprint density at radius 1 is 1.33 bits per heavy atom. The Morgan fingerprint density at radius 2 is 2.05 bits per heavy atom. The van der Waals surface area contributed by atoms with Crippen LogP contribution in [0.2, 0.25) is 0 Å². The summed E-state index contributed by atoms with van der Waals surface area (Å²) in [5.41, 5.74) is 0.609. The summed E-state index contributed by atoms with van der Waals surface area (Å²) >= 11 is 3.33. The zero-order valence-corrected chi connectivity index (χ0v) is 13.9. The SMILES string of the molecule is CC1CCCN(C(=O)CCNC(=O)c2ccc(Br)cc2)C1. The quantitative estimate of drug-likeness (QED) is 0.905. The van der Waals surface area contributed by atoms with Crippen LogP contribution in [-0.2, 0) is 4.79 Å². The lowest BCUT2D eigenvalue weighted by molar-refractivity contribution is -0.132. The molecule has 0 aliphatic carbocycles. The van der Waals surface area contributed by atoms with Crippen LogP contribution in [0.15, 0.2) is 28.7 Å². The maximum Gasteiger partial charge on any atom is 0.251 e. The van der Waals surface area contributed by atoms with Gasteiger partial charge in [0.05, 0.1) is 0 Å². The lowest BCUT2D eigenvalue weighted by Gasteiger charge is -2.31. The van der Waals surface area contributed by atoms with Gasteiger partial charge in [-0.15, -0.1) is 0 Å². The summed E-state index contributed by atoms with van der Waals surface area (Å²) in [6, 6.07) is 7.17. The zero-order chi connectivity index (χ0) is 15.2. The van der Waals surface area contributed by atoms with Gasteiger partial charge in [0.15, 0.2) is 0 Å². The Hall–Kier alpha value is -1.36. The van der Waals surface area contributed by atoms with Crippen molar-refractivity contribution in [3.63, 3.8) is 0 Å². The van der Waals surface area contributed by atoms with Gasteiger partial charge in [-0.05, 0) is 43.0 Å². The maximum atomic E-state index is 12.1. The van der Waals surface area contributed by atoms with Crippen molar-refractivity contribution in [3.05, 3.63) is 34.3 Å². The highest BCUT2D eigenvalue weighted by atomic mass is 79.9. The molecule has 2 amide bonds. The highest BCUT2D eigenvalue weighted by Gasteiger charge is 2.20. The number of hydrogen-bond donors (Lipinski definition) is 1. The minimum atomic E-state index is -0.137. The Morgan fingerprint density at radius 3 is 2.71 bits per heavy atom. The summed E-state index contributed by atoms with van der Waals surface area (Å²) in [5.74, 6) is 0.583. The van der Waals surface area contributed by atoms with Crippen LogP contribution >= 0.6 is 15.9 Å². The van der Waals surface area contributed by atoms with Gasteiger partial charge in [-0.25, -0.2) is 0 Å². The normalized spacial score (nSPS) is 18.4. The predicted octanol–water partition coefficient (Wildman–Crippen LogP) is 2.83. The van der Waals surface area contributed by atoms with Crippen LogP contribution in [0.1, 0.15) is 36.5 Å². The van der Waals surface area contributed by atoms with E-state index in [1.807, 2.05) is 17.0 Å². The molecule has 1 aromatic carbocycles. The minimum absolute atomic E-state index is 0.137. The van der Waals surface area contributed by atoms with Crippen molar-refractivity contribution in [2.45, 2.75) is 26.2 Å². The number of amides is 2. The molecule has 0 bridgehead atoms. The second-order valence-electron chi connectivity index (χ2n) is 5.60. The summed E-state index contributed by atoms with van der Waals surface area (Å²) in [6.07, 6.45) is 2.65. The first-order chi connectivity index (χ1) is 10.1. The number of rotatable bonds is 4. The van der Waals surface area contributed by atoms with E-state index in [4.69, 9.17) is 0 Å². The molecule has 1 unspecified atom stereocenters. The van der Waals surface area contributed by atoms with Crippen molar-refractivity contribution in [1.82, 2.24) is 10.2 Å². The molecule has 114 valence electrons. The maximum absolute atomic E-state index is 12.1. The van der Waals surface area contributed by atoms with Gasteiger partial charge in [0.1, 0.15) is 0 Å². The number of halogens is 1.